The molecule has 3 rings (SSSR count). The van der Waals surface area contributed by atoms with Crippen LogP contribution in [0.4, 0.5) is 15.9 Å². The first-order valence-corrected chi connectivity index (χ1v) is 9.52. The summed E-state index contributed by atoms with van der Waals surface area (Å²) in [4.78, 5) is 4.15. The van der Waals surface area contributed by atoms with Crippen LogP contribution in [0.15, 0.2) is 71.8 Å². The van der Waals surface area contributed by atoms with E-state index < -0.39 is 15.8 Å². The Morgan fingerprint density at radius 3 is 2.38 bits per heavy atom. The van der Waals surface area contributed by atoms with Gasteiger partial charge in [0.05, 0.1) is 16.8 Å². The maximum absolute atomic E-state index is 12.9. The second kappa shape index (κ2) is 7.72. The van der Waals surface area contributed by atoms with Crippen LogP contribution in [-0.4, -0.2) is 13.4 Å². The van der Waals surface area contributed by atoms with Crippen molar-refractivity contribution < 1.29 is 12.8 Å². The van der Waals surface area contributed by atoms with Gasteiger partial charge in [-0.1, -0.05) is 29.8 Å². The number of pyridine rings is 1. The van der Waals surface area contributed by atoms with Crippen molar-refractivity contribution in [2.45, 2.75) is 11.4 Å². The Labute approximate surface area is 155 Å². The minimum Gasteiger partial charge on any atom is -0.366 e. The lowest BCUT2D eigenvalue weighted by atomic mass is 10.2. The first-order chi connectivity index (χ1) is 12.4. The highest BCUT2D eigenvalue weighted by Crippen LogP contribution is 2.19. The fourth-order valence-corrected chi connectivity index (χ4v) is 3.46. The molecule has 0 atom stereocenters. The molecule has 0 spiro atoms. The normalized spacial score (nSPS) is 11.2. The van der Waals surface area contributed by atoms with Crippen LogP contribution in [0.1, 0.15) is 5.56 Å². The second-order valence-corrected chi connectivity index (χ2v) is 7.53. The summed E-state index contributed by atoms with van der Waals surface area (Å²) in [6.07, 6.45) is 1.40. The average Bonchev–Trinajstić information content (AvgIpc) is 2.62. The summed E-state index contributed by atoms with van der Waals surface area (Å²) in [7, 11) is -3.80. The van der Waals surface area contributed by atoms with Crippen LogP contribution in [-0.2, 0) is 16.6 Å². The molecule has 134 valence electrons. The van der Waals surface area contributed by atoms with Gasteiger partial charge in [0, 0.05) is 11.6 Å². The quantitative estimate of drug-likeness (QED) is 0.657. The summed E-state index contributed by atoms with van der Waals surface area (Å²) in [6, 6.07) is 15.3. The molecule has 5 nitrogen and oxygen atoms in total. The molecule has 0 aliphatic carbocycles. The second-order valence-electron chi connectivity index (χ2n) is 5.44. The molecule has 0 unspecified atom stereocenters. The Kier molecular flexibility index (Phi) is 5.39. The van der Waals surface area contributed by atoms with E-state index in [4.69, 9.17) is 11.6 Å². The maximum atomic E-state index is 12.9. The SMILES string of the molecule is O=S(=O)(Nc1ccc(NCc2ccccc2Cl)nc1)c1ccc(F)cc1. The summed E-state index contributed by atoms with van der Waals surface area (Å²) in [5.74, 6) is 0.0780. The molecule has 2 N–H and O–H groups in total. The van der Waals surface area contributed by atoms with E-state index >= 15 is 0 Å². The van der Waals surface area contributed by atoms with Crippen LogP contribution in [0.25, 0.3) is 0 Å². The minimum atomic E-state index is -3.80. The van der Waals surface area contributed by atoms with Gasteiger partial charge < -0.3 is 5.32 Å². The van der Waals surface area contributed by atoms with Gasteiger partial charge in [-0.05, 0) is 48.0 Å². The molecular weight excluding hydrogens is 377 g/mol. The summed E-state index contributed by atoms with van der Waals surface area (Å²) in [5.41, 5.74) is 1.23. The number of benzene rings is 2. The number of nitrogens with one attached hydrogen (secondary N) is 2. The van der Waals surface area contributed by atoms with Gasteiger partial charge in [-0.2, -0.15) is 0 Å². The molecule has 3 aromatic rings. The Hall–Kier alpha value is -2.64. The molecule has 1 heterocycles. The number of aromatic nitrogens is 1. The predicted molar refractivity (Wildman–Crippen MR) is 100 cm³/mol. The van der Waals surface area contributed by atoms with Crippen molar-refractivity contribution in [3.8, 4) is 0 Å². The Morgan fingerprint density at radius 2 is 1.73 bits per heavy atom. The molecule has 2 aromatic carbocycles. The van der Waals surface area contributed by atoms with E-state index in [0.29, 0.717) is 23.1 Å². The molecule has 26 heavy (non-hydrogen) atoms. The fraction of sp³-hybridized carbons (Fsp3) is 0.0556. The Balaban J connectivity index is 1.66. The average molecular weight is 392 g/mol. The number of rotatable bonds is 6. The standard InChI is InChI=1S/C18H15ClFN3O2S/c19-17-4-2-1-3-13(17)11-21-18-10-7-15(12-22-18)23-26(24,25)16-8-5-14(20)6-9-16/h1-10,12,23H,11H2,(H,21,22). The number of anilines is 2. The van der Waals surface area contributed by atoms with E-state index in [0.717, 1.165) is 17.7 Å². The van der Waals surface area contributed by atoms with Crippen LogP contribution in [0.2, 0.25) is 5.02 Å². The van der Waals surface area contributed by atoms with Gasteiger partial charge in [-0.15, -0.1) is 0 Å². The third-order valence-electron chi connectivity index (χ3n) is 3.56. The molecular formula is C18H15ClFN3O2S. The van der Waals surface area contributed by atoms with Crippen molar-refractivity contribution >= 4 is 33.1 Å². The number of nitrogens with zero attached hydrogens (tertiary/aromatic N) is 1. The largest absolute Gasteiger partial charge is 0.366 e. The third-order valence-corrected chi connectivity index (χ3v) is 5.32. The lowest BCUT2D eigenvalue weighted by Crippen LogP contribution is -2.13. The van der Waals surface area contributed by atoms with E-state index in [-0.39, 0.29) is 4.90 Å². The lowest BCUT2D eigenvalue weighted by Gasteiger charge is -2.10. The summed E-state index contributed by atoms with van der Waals surface area (Å²) < 4.78 is 39.8. The molecule has 8 heteroatoms. The van der Waals surface area contributed by atoms with Crippen LogP contribution >= 0.6 is 11.6 Å². The van der Waals surface area contributed by atoms with Crippen LogP contribution < -0.4 is 10.0 Å². The molecule has 0 amide bonds. The molecule has 0 fully saturated rings. The van der Waals surface area contributed by atoms with Crippen LogP contribution in [0.3, 0.4) is 0 Å². The van der Waals surface area contributed by atoms with Crippen LogP contribution in [0.5, 0.6) is 0 Å². The van der Waals surface area contributed by atoms with Gasteiger partial charge in [0.1, 0.15) is 11.6 Å². The van der Waals surface area contributed by atoms with Crippen LogP contribution in [0, 0.1) is 5.82 Å². The van der Waals surface area contributed by atoms with Gasteiger partial charge in [-0.3, -0.25) is 4.72 Å². The molecule has 0 saturated carbocycles. The van der Waals surface area contributed by atoms with Crippen molar-refractivity contribution in [3.63, 3.8) is 0 Å². The van der Waals surface area contributed by atoms with Gasteiger partial charge >= 0.3 is 0 Å². The fourth-order valence-electron chi connectivity index (χ4n) is 2.21. The highest BCUT2D eigenvalue weighted by atomic mass is 35.5. The summed E-state index contributed by atoms with van der Waals surface area (Å²) in [6.45, 7) is 0.493. The van der Waals surface area contributed by atoms with Gasteiger partial charge in [0.2, 0.25) is 0 Å². The molecule has 0 aliphatic heterocycles. The zero-order chi connectivity index (χ0) is 18.6. The number of sulfonamides is 1. The summed E-state index contributed by atoms with van der Waals surface area (Å²) >= 11 is 6.10. The van der Waals surface area contributed by atoms with Crippen molar-refractivity contribution in [2.24, 2.45) is 0 Å². The highest BCUT2D eigenvalue weighted by molar-refractivity contribution is 7.92. The first kappa shape index (κ1) is 18.2. The smallest absolute Gasteiger partial charge is 0.261 e. The van der Waals surface area contributed by atoms with Gasteiger partial charge in [-0.25, -0.2) is 17.8 Å². The minimum absolute atomic E-state index is 0.0279. The third kappa shape index (κ3) is 4.50. The number of hydrogen-bond donors (Lipinski definition) is 2. The van der Waals surface area contributed by atoms with Crippen molar-refractivity contribution in [1.29, 1.82) is 0 Å². The van der Waals surface area contributed by atoms with Crippen molar-refractivity contribution in [1.82, 2.24) is 4.98 Å². The number of halogens is 2. The van der Waals surface area contributed by atoms with E-state index in [9.17, 15) is 12.8 Å². The molecule has 0 radical (unpaired) electrons. The molecule has 1 aromatic heterocycles. The van der Waals surface area contributed by atoms with Crippen molar-refractivity contribution in [2.75, 3.05) is 10.0 Å². The molecule has 0 bridgehead atoms. The monoisotopic (exact) mass is 391 g/mol. The van der Waals surface area contributed by atoms with E-state index in [1.165, 1.54) is 18.3 Å². The zero-order valence-electron chi connectivity index (χ0n) is 13.5. The van der Waals surface area contributed by atoms with Gasteiger partial charge in [0.15, 0.2) is 0 Å². The van der Waals surface area contributed by atoms with E-state index in [2.05, 4.69) is 15.0 Å². The first-order valence-electron chi connectivity index (χ1n) is 7.66. The van der Waals surface area contributed by atoms with E-state index in [1.54, 1.807) is 18.2 Å². The highest BCUT2D eigenvalue weighted by Gasteiger charge is 2.14. The Bertz CT molecular complexity index is 994. The molecule has 0 saturated heterocycles. The zero-order valence-corrected chi connectivity index (χ0v) is 15.1. The topological polar surface area (TPSA) is 71.1 Å². The number of hydrogen-bond acceptors (Lipinski definition) is 4. The van der Waals surface area contributed by atoms with E-state index in [1.807, 2.05) is 18.2 Å². The maximum Gasteiger partial charge on any atom is 0.261 e. The summed E-state index contributed by atoms with van der Waals surface area (Å²) in [5, 5.41) is 3.77. The van der Waals surface area contributed by atoms with Gasteiger partial charge in [0.25, 0.3) is 10.0 Å². The Morgan fingerprint density at radius 1 is 1.00 bits per heavy atom. The van der Waals surface area contributed by atoms with Crippen molar-refractivity contribution in [3.05, 3.63) is 83.3 Å². The predicted octanol–water partition coefficient (Wildman–Crippen LogP) is 4.29. The lowest BCUT2D eigenvalue weighted by molar-refractivity contribution is 0.599. The molecule has 0 aliphatic rings.